The third-order valence-corrected chi connectivity index (χ3v) is 2.77. The molecule has 0 aromatic rings. The maximum absolute atomic E-state index is 3.48. The smallest absolute Gasteiger partial charge is 0.0244 e. The molecule has 78 valence electrons. The van der Waals surface area contributed by atoms with E-state index in [1.807, 2.05) is 0 Å². The average Bonchev–Trinajstić information content (AvgIpc) is 2.03. The van der Waals surface area contributed by atoms with Gasteiger partial charge in [0, 0.05) is 32.2 Å². The van der Waals surface area contributed by atoms with Gasteiger partial charge in [-0.1, -0.05) is 27.7 Å². The van der Waals surface area contributed by atoms with Crippen LogP contribution in [-0.2, 0) is 0 Å². The van der Waals surface area contributed by atoms with Crippen molar-refractivity contribution in [2.24, 2.45) is 11.8 Å². The minimum atomic E-state index is 0.746. The molecule has 0 amide bonds. The summed E-state index contributed by atoms with van der Waals surface area (Å²) in [6.45, 7) is 14.1. The van der Waals surface area contributed by atoms with Crippen LogP contribution in [0.15, 0.2) is 0 Å². The molecule has 1 saturated heterocycles. The molecule has 0 aromatic carbocycles. The minimum Gasteiger partial charge on any atom is -0.314 e. The molecule has 2 nitrogen and oxygen atoms in total. The molecule has 1 aliphatic rings. The third kappa shape index (κ3) is 3.28. The summed E-state index contributed by atoms with van der Waals surface area (Å²) >= 11 is 0. The van der Waals surface area contributed by atoms with Gasteiger partial charge in [-0.05, 0) is 11.8 Å². The first-order valence-electron chi connectivity index (χ1n) is 5.56. The molecular formula is C11H24N2. The average molecular weight is 184 g/mol. The van der Waals surface area contributed by atoms with Gasteiger partial charge in [-0.3, -0.25) is 4.90 Å². The molecule has 1 N–H and O–H groups in total. The summed E-state index contributed by atoms with van der Waals surface area (Å²) in [5.74, 6) is 1.56. The van der Waals surface area contributed by atoms with Crippen LogP contribution >= 0.6 is 0 Å². The van der Waals surface area contributed by atoms with Gasteiger partial charge in [-0.2, -0.15) is 0 Å². The summed E-state index contributed by atoms with van der Waals surface area (Å²) in [4.78, 5) is 2.64. The standard InChI is InChI=1S/C11H24N2/c1-9(2)8-13-6-5-12-7-11(13)10(3)4/h9-12H,5-8H2,1-4H3/t11-/m1/s1. The first-order valence-corrected chi connectivity index (χ1v) is 5.56. The Balaban J connectivity index is 2.46. The highest BCUT2D eigenvalue weighted by Gasteiger charge is 2.24. The van der Waals surface area contributed by atoms with E-state index in [0.717, 1.165) is 24.4 Å². The second-order valence-electron chi connectivity index (χ2n) is 4.90. The summed E-state index contributed by atoms with van der Waals surface area (Å²) in [7, 11) is 0. The predicted molar refractivity (Wildman–Crippen MR) is 57.9 cm³/mol. The Hall–Kier alpha value is -0.0800. The van der Waals surface area contributed by atoms with Gasteiger partial charge in [-0.15, -0.1) is 0 Å². The maximum Gasteiger partial charge on any atom is 0.0244 e. The van der Waals surface area contributed by atoms with Crippen LogP contribution in [-0.4, -0.2) is 37.1 Å². The van der Waals surface area contributed by atoms with Crippen molar-refractivity contribution in [3.05, 3.63) is 0 Å². The number of hydrogen-bond acceptors (Lipinski definition) is 2. The van der Waals surface area contributed by atoms with E-state index in [2.05, 4.69) is 37.9 Å². The summed E-state index contributed by atoms with van der Waals surface area (Å²) < 4.78 is 0. The topological polar surface area (TPSA) is 15.3 Å². The first-order chi connectivity index (χ1) is 6.11. The molecule has 0 bridgehead atoms. The molecule has 0 aliphatic carbocycles. The number of nitrogens with zero attached hydrogens (tertiary/aromatic N) is 1. The lowest BCUT2D eigenvalue weighted by Crippen LogP contribution is -2.54. The van der Waals surface area contributed by atoms with Gasteiger partial charge >= 0.3 is 0 Å². The van der Waals surface area contributed by atoms with Crippen molar-refractivity contribution in [1.82, 2.24) is 10.2 Å². The Labute approximate surface area is 82.7 Å². The van der Waals surface area contributed by atoms with E-state index < -0.39 is 0 Å². The van der Waals surface area contributed by atoms with Crippen molar-refractivity contribution in [2.45, 2.75) is 33.7 Å². The van der Waals surface area contributed by atoms with Gasteiger partial charge in [0.1, 0.15) is 0 Å². The summed E-state index contributed by atoms with van der Waals surface area (Å²) in [6, 6.07) is 0.746. The molecule has 0 saturated carbocycles. The summed E-state index contributed by atoms with van der Waals surface area (Å²) in [5.41, 5.74) is 0. The van der Waals surface area contributed by atoms with Gasteiger partial charge in [0.2, 0.25) is 0 Å². The van der Waals surface area contributed by atoms with Crippen molar-refractivity contribution in [3.63, 3.8) is 0 Å². The molecular weight excluding hydrogens is 160 g/mol. The Morgan fingerprint density at radius 2 is 2.00 bits per heavy atom. The van der Waals surface area contributed by atoms with E-state index in [-0.39, 0.29) is 0 Å². The van der Waals surface area contributed by atoms with Gasteiger partial charge < -0.3 is 5.32 Å². The van der Waals surface area contributed by atoms with Crippen LogP contribution < -0.4 is 5.32 Å². The Morgan fingerprint density at radius 1 is 1.31 bits per heavy atom. The molecule has 1 heterocycles. The lowest BCUT2D eigenvalue weighted by molar-refractivity contribution is 0.111. The lowest BCUT2D eigenvalue weighted by Gasteiger charge is -2.39. The van der Waals surface area contributed by atoms with Crippen molar-refractivity contribution < 1.29 is 0 Å². The molecule has 1 atom stereocenters. The normalized spacial score (nSPS) is 25.8. The highest BCUT2D eigenvalue weighted by Crippen LogP contribution is 2.14. The van der Waals surface area contributed by atoms with E-state index in [0.29, 0.717) is 0 Å². The van der Waals surface area contributed by atoms with Crippen molar-refractivity contribution in [3.8, 4) is 0 Å². The maximum atomic E-state index is 3.48. The van der Waals surface area contributed by atoms with E-state index in [9.17, 15) is 0 Å². The van der Waals surface area contributed by atoms with Crippen molar-refractivity contribution in [1.29, 1.82) is 0 Å². The van der Waals surface area contributed by atoms with Gasteiger partial charge in [0.25, 0.3) is 0 Å². The molecule has 1 rings (SSSR count). The minimum absolute atomic E-state index is 0.746. The highest BCUT2D eigenvalue weighted by atomic mass is 15.2. The molecule has 0 radical (unpaired) electrons. The van der Waals surface area contributed by atoms with Crippen LogP contribution in [0.2, 0.25) is 0 Å². The highest BCUT2D eigenvalue weighted by molar-refractivity contribution is 4.82. The predicted octanol–water partition coefficient (Wildman–Crippen LogP) is 1.57. The fourth-order valence-electron chi connectivity index (χ4n) is 2.12. The van der Waals surface area contributed by atoms with Gasteiger partial charge in [0.05, 0.1) is 0 Å². The van der Waals surface area contributed by atoms with Gasteiger partial charge in [-0.25, -0.2) is 0 Å². The molecule has 0 aromatic heterocycles. The van der Waals surface area contributed by atoms with E-state index in [1.165, 1.54) is 19.6 Å². The number of piperazine rings is 1. The van der Waals surface area contributed by atoms with Crippen LogP contribution in [0.3, 0.4) is 0 Å². The van der Waals surface area contributed by atoms with E-state index in [1.54, 1.807) is 0 Å². The van der Waals surface area contributed by atoms with Gasteiger partial charge in [0.15, 0.2) is 0 Å². The van der Waals surface area contributed by atoms with Crippen molar-refractivity contribution >= 4 is 0 Å². The number of nitrogens with one attached hydrogen (secondary N) is 1. The number of hydrogen-bond donors (Lipinski definition) is 1. The second-order valence-corrected chi connectivity index (χ2v) is 4.90. The Bertz CT molecular complexity index is 143. The molecule has 1 aliphatic heterocycles. The quantitative estimate of drug-likeness (QED) is 0.716. The fourth-order valence-corrected chi connectivity index (χ4v) is 2.12. The van der Waals surface area contributed by atoms with Crippen LogP contribution in [0.1, 0.15) is 27.7 Å². The SMILES string of the molecule is CC(C)CN1CCNC[C@@H]1C(C)C. The van der Waals surface area contributed by atoms with Crippen LogP contribution in [0, 0.1) is 11.8 Å². The Kier molecular flexibility index (Phi) is 4.20. The van der Waals surface area contributed by atoms with E-state index >= 15 is 0 Å². The first kappa shape index (κ1) is 11.0. The molecule has 0 unspecified atom stereocenters. The van der Waals surface area contributed by atoms with Crippen molar-refractivity contribution in [2.75, 3.05) is 26.2 Å². The zero-order chi connectivity index (χ0) is 9.84. The van der Waals surface area contributed by atoms with E-state index in [4.69, 9.17) is 0 Å². The summed E-state index contributed by atoms with van der Waals surface area (Å²) in [5, 5.41) is 3.48. The zero-order valence-electron chi connectivity index (χ0n) is 9.51. The van der Waals surface area contributed by atoms with Crippen LogP contribution in [0.25, 0.3) is 0 Å². The fraction of sp³-hybridized carbons (Fsp3) is 1.00. The van der Waals surface area contributed by atoms with Crippen LogP contribution in [0.4, 0.5) is 0 Å². The Morgan fingerprint density at radius 3 is 2.54 bits per heavy atom. The summed E-state index contributed by atoms with van der Waals surface area (Å²) in [6.07, 6.45) is 0. The molecule has 1 fully saturated rings. The third-order valence-electron chi connectivity index (χ3n) is 2.77. The lowest BCUT2D eigenvalue weighted by atomic mass is 9.99. The zero-order valence-corrected chi connectivity index (χ0v) is 9.51. The number of rotatable bonds is 3. The van der Waals surface area contributed by atoms with Crippen LogP contribution in [0.5, 0.6) is 0 Å². The second kappa shape index (κ2) is 4.97. The molecule has 13 heavy (non-hydrogen) atoms. The molecule has 0 spiro atoms. The largest absolute Gasteiger partial charge is 0.314 e. The monoisotopic (exact) mass is 184 g/mol. The molecule has 2 heteroatoms.